The van der Waals surface area contributed by atoms with Crippen molar-refractivity contribution >= 4 is 17.4 Å². The summed E-state index contributed by atoms with van der Waals surface area (Å²) in [6.07, 6.45) is 0.473. The molecule has 0 spiro atoms. The van der Waals surface area contributed by atoms with Crippen molar-refractivity contribution in [2.24, 2.45) is 5.73 Å². The van der Waals surface area contributed by atoms with Crippen molar-refractivity contribution in [1.82, 2.24) is 0 Å². The van der Waals surface area contributed by atoms with Crippen LogP contribution in [0.3, 0.4) is 0 Å². The Kier molecular flexibility index (Phi) is 2.49. The molecule has 3 N–H and O–H groups in total. The van der Waals surface area contributed by atoms with Gasteiger partial charge >= 0.3 is 0 Å². The number of amidine groups is 1. The van der Waals surface area contributed by atoms with E-state index in [-0.39, 0.29) is 5.84 Å². The Morgan fingerprint density at radius 2 is 2.27 bits per heavy atom. The highest BCUT2D eigenvalue weighted by molar-refractivity contribution is 6.30. The standard InChI is InChI=1S/C8H9ClN2/c9-7-3-1-2-6(4-7)5-8(10)11/h1-4H,5H2,(H3,10,11). The number of nitrogens with one attached hydrogen (secondary N) is 1. The van der Waals surface area contributed by atoms with E-state index in [2.05, 4.69) is 0 Å². The van der Waals surface area contributed by atoms with Gasteiger partial charge in [0.1, 0.15) is 0 Å². The minimum Gasteiger partial charge on any atom is -0.387 e. The van der Waals surface area contributed by atoms with Crippen molar-refractivity contribution in [3.63, 3.8) is 0 Å². The first-order valence-electron chi connectivity index (χ1n) is 3.26. The molecule has 3 heteroatoms. The first kappa shape index (κ1) is 8.08. The van der Waals surface area contributed by atoms with Gasteiger partial charge in [0.15, 0.2) is 0 Å². The van der Waals surface area contributed by atoms with E-state index in [0.29, 0.717) is 11.4 Å². The largest absolute Gasteiger partial charge is 0.387 e. The molecule has 2 nitrogen and oxygen atoms in total. The SMILES string of the molecule is N=C(N)Cc1cccc(Cl)c1. The zero-order chi connectivity index (χ0) is 8.27. The number of nitrogens with two attached hydrogens (primary N) is 1. The van der Waals surface area contributed by atoms with Crippen LogP contribution in [0.1, 0.15) is 5.56 Å². The third kappa shape index (κ3) is 2.60. The minimum atomic E-state index is 0.160. The lowest BCUT2D eigenvalue weighted by molar-refractivity contribution is 1.25. The summed E-state index contributed by atoms with van der Waals surface area (Å²) in [7, 11) is 0. The van der Waals surface area contributed by atoms with E-state index < -0.39 is 0 Å². The molecule has 58 valence electrons. The van der Waals surface area contributed by atoms with Gasteiger partial charge in [-0.25, -0.2) is 0 Å². The number of halogens is 1. The van der Waals surface area contributed by atoms with Gasteiger partial charge < -0.3 is 5.73 Å². The lowest BCUT2D eigenvalue weighted by atomic mass is 10.1. The molecular weight excluding hydrogens is 160 g/mol. The molecule has 1 aromatic carbocycles. The van der Waals surface area contributed by atoms with Crippen LogP contribution in [0, 0.1) is 5.41 Å². The highest BCUT2D eigenvalue weighted by Gasteiger charge is 1.94. The molecular formula is C8H9ClN2. The molecule has 0 saturated carbocycles. The predicted octanol–water partition coefficient (Wildman–Crippen LogP) is 1.82. The fourth-order valence-corrected chi connectivity index (χ4v) is 1.08. The summed E-state index contributed by atoms with van der Waals surface area (Å²) in [5.41, 5.74) is 6.19. The Morgan fingerprint density at radius 3 is 2.82 bits per heavy atom. The Balaban J connectivity index is 2.79. The molecule has 0 aliphatic carbocycles. The van der Waals surface area contributed by atoms with Crippen molar-refractivity contribution in [2.75, 3.05) is 0 Å². The van der Waals surface area contributed by atoms with Crippen LogP contribution in [-0.2, 0) is 6.42 Å². The molecule has 0 aliphatic heterocycles. The van der Waals surface area contributed by atoms with Gasteiger partial charge in [0, 0.05) is 11.4 Å². The van der Waals surface area contributed by atoms with Gasteiger partial charge in [-0.05, 0) is 17.7 Å². The summed E-state index contributed by atoms with van der Waals surface area (Å²) in [4.78, 5) is 0. The van der Waals surface area contributed by atoms with Crippen LogP contribution in [0.4, 0.5) is 0 Å². The maximum absolute atomic E-state index is 7.04. The van der Waals surface area contributed by atoms with E-state index in [9.17, 15) is 0 Å². The Hall–Kier alpha value is -1.02. The van der Waals surface area contributed by atoms with E-state index in [1.165, 1.54) is 0 Å². The maximum atomic E-state index is 7.04. The molecule has 11 heavy (non-hydrogen) atoms. The van der Waals surface area contributed by atoms with Crippen molar-refractivity contribution < 1.29 is 0 Å². The highest BCUT2D eigenvalue weighted by Crippen LogP contribution is 2.10. The topological polar surface area (TPSA) is 49.9 Å². The second kappa shape index (κ2) is 3.39. The van der Waals surface area contributed by atoms with E-state index in [4.69, 9.17) is 22.7 Å². The van der Waals surface area contributed by atoms with Crippen LogP contribution in [0.2, 0.25) is 5.02 Å². The summed E-state index contributed by atoms with van der Waals surface area (Å²) < 4.78 is 0. The molecule has 0 radical (unpaired) electrons. The van der Waals surface area contributed by atoms with Crippen LogP contribution >= 0.6 is 11.6 Å². The zero-order valence-corrected chi connectivity index (χ0v) is 6.73. The lowest BCUT2D eigenvalue weighted by Crippen LogP contribution is -2.12. The first-order valence-corrected chi connectivity index (χ1v) is 3.63. The Bertz CT molecular complexity index is 271. The van der Waals surface area contributed by atoms with E-state index in [1.807, 2.05) is 18.2 Å². The van der Waals surface area contributed by atoms with Gasteiger partial charge in [0.05, 0.1) is 5.84 Å². The second-order valence-electron chi connectivity index (χ2n) is 2.33. The third-order valence-corrected chi connectivity index (χ3v) is 1.52. The van der Waals surface area contributed by atoms with E-state index in [1.54, 1.807) is 6.07 Å². The van der Waals surface area contributed by atoms with Crippen LogP contribution < -0.4 is 5.73 Å². The van der Waals surface area contributed by atoms with Crippen molar-refractivity contribution in [3.8, 4) is 0 Å². The number of rotatable bonds is 2. The molecule has 0 saturated heterocycles. The molecule has 0 aromatic heterocycles. The zero-order valence-electron chi connectivity index (χ0n) is 5.97. The van der Waals surface area contributed by atoms with Gasteiger partial charge in [-0.2, -0.15) is 0 Å². The molecule has 0 bridgehead atoms. The van der Waals surface area contributed by atoms with Gasteiger partial charge in [-0.15, -0.1) is 0 Å². The van der Waals surface area contributed by atoms with E-state index in [0.717, 1.165) is 5.56 Å². The molecule has 0 aliphatic rings. The van der Waals surface area contributed by atoms with Crippen molar-refractivity contribution in [1.29, 1.82) is 5.41 Å². The average Bonchev–Trinajstić information content (AvgIpc) is 1.85. The molecule has 0 heterocycles. The van der Waals surface area contributed by atoms with Gasteiger partial charge in [-0.1, -0.05) is 23.7 Å². The van der Waals surface area contributed by atoms with Gasteiger partial charge in [0.2, 0.25) is 0 Å². The summed E-state index contributed by atoms with van der Waals surface area (Å²) in [6.45, 7) is 0. The summed E-state index contributed by atoms with van der Waals surface area (Å²) in [5.74, 6) is 0.160. The summed E-state index contributed by atoms with van der Waals surface area (Å²) >= 11 is 5.72. The second-order valence-corrected chi connectivity index (χ2v) is 2.77. The van der Waals surface area contributed by atoms with Crippen LogP contribution in [0.15, 0.2) is 24.3 Å². The van der Waals surface area contributed by atoms with E-state index >= 15 is 0 Å². The molecule has 0 fully saturated rings. The maximum Gasteiger partial charge on any atom is 0.0950 e. The molecule has 0 atom stereocenters. The van der Waals surface area contributed by atoms with Gasteiger partial charge in [-0.3, -0.25) is 5.41 Å². The lowest BCUT2D eigenvalue weighted by Gasteiger charge is -1.98. The van der Waals surface area contributed by atoms with Crippen molar-refractivity contribution in [3.05, 3.63) is 34.9 Å². The Labute approximate surface area is 70.5 Å². The minimum absolute atomic E-state index is 0.160. The van der Waals surface area contributed by atoms with Crippen LogP contribution in [0.25, 0.3) is 0 Å². The fraction of sp³-hybridized carbons (Fsp3) is 0.125. The monoisotopic (exact) mass is 168 g/mol. The number of benzene rings is 1. The fourth-order valence-electron chi connectivity index (χ4n) is 0.867. The number of hydrogen-bond acceptors (Lipinski definition) is 1. The normalized spacial score (nSPS) is 9.55. The highest BCUT2D eigenvalue weighted by atomic mass is 35.5. The molecule has 1 rings (SSSR count). The van der Waals surface area contributed by atoms with Gasteiger partial charge in [0.25, 0.3) is 0 Å². The predicted molar refractivity (Wildman–Crippen MR) is 47.1 cm³/mol. The van der Waals surface area contributed by atoms with Crippen LogP contribution in [-0.4, -0.2) is 5.84 Å². The Morgan fingerprint density at radius 1 is 1.55 bits per heavy atom. The third-order valence-electron chi connectivity index (χ3n) is 1.28. The summed E-state index contributed by atoms with van der Waals surface area (Å²) in [5, 5.41) is 7.72. The van der Waals surface area contributed by atoms with Crippen molar-refractivity contribution in [2.45, 2.75) is 6.42 Å². The summed E-state index contributed by atoms with van der Waals surface area (Å²) in [6, 6.07) is 7.35. The average molecular weight is 169 g/mol. The molecule has 0 unspecified atom stereocenters. The quantitative estimate of drug-likeness (QED) is 0.514. The molecule has 1 aromatic rings. The first-order chi connectivity index (χ1) is 5.18. The smallest absolute Gasteiger partial charge is 0.0950 e. The molecule has 0 amide bonds. The van der Waals surface area contributed by atoms with Crippen LogP contribution in [0.5, 0.6) is 0 Å². The number of hydrogen-bond donors (Lipinski definition) is 2.